The molecule has 2 N–H and O–H groups in total. The first kappa shape index (κ1) is 23.2. The maximum absolute atomic E-state index is 14.3. The molecule has 0 aliphatic heterocycles. The minimum atomic E-state index is -0.635. The summed E-state index contributed by atoms with van der Waals surface area (Å²) in [7, 11) is 0. The minimum Gasteiger partial charge on any atom is -0.469 e. The molecule has 0 spiro atoms. The number of nitrogens with one attached hydrogen (secondary N) is 2. The molecule has 174 valence electrons. The van der Waals surface area contributed by atoms with Crippen LogP contribution in [0.5, 0.6) is 0 Å². The summed E-state index contributed by atoms with van der Waals surface area (Å²) >= 11 is 1.39. The van der Waals surface area contributed by atoms with Gasteiger partial charge in [0, 0.05) is 23.2 Å². The number of amides is 2. The van der Waals surface area contributed by atoms with Crippen molar-refractivity contribution in [1.29, 1.82) is 0 Å². The van der Waals surface area contributed by atoms with Gasteiger partial charge in [-0.2, -0.15) is 0 Å². The Morgan fingerprint density at radius 3 is 2.53 bits per heavy atom. The van der Waals surface area contributed by atoms with Crippen molar-refractivity contribution in [2.24, 2.45) is 0 Å². The van der Waals surface area contributed by atoms with Crippen molar-refractivity contribution in [1.82, 2.24) is 10.1 Å². The van der Waals surface area contributed by atoms with Crippen LogP contribution in [-0.2, 0) is 5.75 Å². The molecule has 0 bridgehead atoms. The topological polar surface area (TPSA) is 110 Å². The van der Waals surface area contributed by atoms with Crippen LogP contribution in [0.4, 0.5) is 15.8 Å². The maximum atomic E-state index is 14.3. The van der Waals surface area contributed by atoms with Gasteiger partial charge in [0.05, 0.1) is 28.8 Å². The number of hydrogen-bond acceptors (Lipinski definition) is 7. The molecular weight excluding hydrogens is 459 g/mol. The Hall–Kier alpha value is -3.92. The lowest BCUT2D eigenvalue weighted by Crippen LogP contribution is -2.16. The zero-order valence-corrected chi connectivity index (χ0v) is 19.5. The van der Waals surface area contributed by atoms with Crippen LogP contribution in [0.3, 0.4) is 0 Å². The van der Waals surface area contributed by atoms with Crippen molar-refractivity contribution in [3.63, 3.8) is 0 Å². The van der Waals surface area contributed by atoms with Gasteiger partial charge in [0.25, 0.3) is 11.8 Å². The Labute approximate surface area is 198 Å². The molecule has 34 heavy (non-hydrogen) atoms. The Balaban J connectivity index is 1.49. The second-order valence-electron chi connectivity index (χ2n) is 7.44. The molecule has 4 aromatic rings. The number of furan rings is 1. The Bertz CT molecular complexity index is 1350. The summed E-state index contributed by atoms with van der Waals surface area (Å²) in [4.78, 5) is 29.7. The van der Waals surface area contributed by atoms with Gasteiger partial charge in [-0.15, -0.1) is 11.8 Å². The van der Waals surface area contributed by atoms with Crippen molar-refractivity contribution < 1.29 is 22.9 Å². The third kappa shape index (κ3) is 5.01. The van der Waals surface area contributed by atoms with Gasteiger partial charge in [-0.25, -0.2) is 9.37 Å². The number of hydrogen-bond donors (Lipinski definition) is 2. The third-order valence-electron chi connectivity index (χ3n) is 5.13. The number of benzene rings is 1. The Morgan fingerprint density at radius 2 is 1.82 bits per heavy atom. The monoisotopic (exact) mass is 480 g/mol. The highest BCUT2D eigenvalue weighted by Gasteiger charge is 2.18. The zero-order valence-electron chi connectivity index (χ0n) is 18.6. The van der Waals surface area contributed by atoms with Crippen LogP contribution >= 0.6 is 11.8 Å². The summed E-state index contributed by atoms with van der Waals surface area (Å²) in [5, 5.41) is 9.73. The fourth-order valence-corrected chi connectivity index (χ4v) is 4.38. The number of aromatic nitrogens is 2. The van der Waals surface area contributed by atoms with Crippen LogP contribution in [0, 0.1) is 26.6 Å². The highest BCUT2D eigenvalue weighted by molar-refractivity contribution is 7.98. The molecule has 3 aromatic heterocycles. The first-order chi connectivity index (χ1) is 16.3. The second kappa shape index (κ2) is 9.92. The zero-order chi connectivity index (χ0) is 24.2. The standard InChI is InChI=1S/C24H21FN4O4S/c1-13-19(15(3)33-29-13)12-34-24-18(5-4-9-26-24)23(31)27-16-6-7-20(25)21(11-16)28-22(30)17-8-10-32-14(17)2/h4-11H,12H2,1-3H3,(H,27,31)(H,28,30). The van der Waals surface area contributed by atoms with E-state index in [-0.39, 0.29) is 5.69 Å². The SMILES string of the molecule is Cc1noc(C)c1CSc1ncccc1C(=O)Nc1ccc(F)c(NC(=O)c2ccoc2C)c1. The molecule has 0 unspecified atom stereocenters. The van der Waals surface area contributed by atoms with E-state index in [0.717, 1.165) is 17.0 Å². The molecule has 0 saturated heterocycles. The van der Waals surface area contributed by atoms with E-state index in [1.165, 1.54) is 42.3 Å². The van der Waals surface area contributed by atoms with Crippen molar-refractivity contribution in [2.75, 3.05) is 10.6 Å². The summed E-state index contributed by atoms with van der Waals surface area (Å²) in [6.45, 7) is 5.33. The third-order valence-corrected chi connectivity index (χ3v) is 6.16. The fraction of sp³-hybridized carbons (Fsp3) is 0.167. The highest BCUT2D eigenvalue weighted by Crippen LogP contribution is 2.28. The molecule has 0 atom stereocenters. The Morgan fingerprint density at radius 1 is 1.03 bits per heavy atom. The lowest BCUT2D eigenvalue weighted by atomic mass is 10.2. The van der Waals surface area contributed by atoms with Gasteiger partial charge in [-0.3, -0.25) is 9.59 Å². The van der Waals surface area contributed by atoms with E-state index < -0.39 is 17.6 Å². The average molecular weight is 481 g/mol. The van der Waals surface area contributed by atoms with Gasteiger partial charge in [-0.1, -0.05) is 5.16 Å². The number of thioether (sulfide) groups is 1. The van der Waals surface area contributed by atoms with Gasteiger partial charge < -0.3 is 19.6 Å². The largest absolute Gasteiger partial charge is 0.469 e. The van der Waals surface area contributed by atoms with Gasteiger partial charge in [0.15, 0.2) is 0 Å². The van der Waals surface area contributed by atoms with E-state index in [1.807, 2.05) is 13.8 Å². The summed E-state index contributed by atoms with van der Waals surface area (Å²) in [5.41, 5.74) is 2.65. The fourth-order valence-electron chi connectivity index (χ4n) is 3.23. The number of nitrogens with zero attached hydrogens (tertiary/aromatic N) is 2. The predicted octanol–water partition coefficient (Wildman–Crippen LogP) is 5.52. The first-order valence-electron chi connectivity index (χ1n) is 10.3. The van der Waals surface area contributed by atoms with E-state index in [2.05, 4.69) is 20.8 Å². The van der Waals surface area contributed by atoms with E-state index >= 15 is 0 Å². The molecule has 0 radical (unpaired) electrons. The predicted molar refractivity (Wildman–Crippen MR) is 126 cm³/mol. The van der Waals surface area contributed by atoms with Crippen molar-refractivity contribution >= 4 is 35.0 Å². The molecule has 4 rings (SSSR count). The molecule has 2 amide bonds. The van der Waals surface area contributed by atoms with Crippen LogP contribution in [-0.4, -0.2) is 22.0 Å². The van der Waals surface area contributed by atoms with Gasteiger partial charge in [0.2, 0.25) is 0 Å². The molecule has 8 nitrogen and oxygen atoms in total. The summed E-state index contributed by atoms with van der Waals surface area (Å²) < 4.78 is 24.6. The van der Waals surface area contributed by atoms with E-state index in [4.69, 9.17) is 8.94 Å². The number of halogens is 1. The number of aryl methyl sites for hydroxylation is 3. The highest BCUT2D eigenvalue weighted by atomic mass is 32.2. The summed E-state index contributed by atoms with van der Waals surface area (Å²) in [6.07, 6.45) is 2.99. The van der Waals surface area contributed by atoms with Crippen LogP contribution in [0.1, 0.15) is 43.5 Å². The lowest BCUT2D eigenvalue weighted by Gasteiger charge is -2.11. The second-order valence-corrected chi connectivity index (χ2v) is 8.40. The van der Waals surface area contributed by atoms with Crippen molar-refractivity contribution in [3.8, 4) is 0 Å². The van der Waals surface area contributed by atoms with Crippen LogP contribution in [0.25, 0.3) is 0 Å². The molecule has 1 aromatic carbocycles. The van der Waals surface area contributed by atoms with Gasteiger partial charge in [-0.05, 0) is 57.2 Å². The first-order valence-corrected chi connectivity index (χ1v) is 11.3. The number of anilines is 2. The van der Waals surface area contributed by atoms with E-state index in [1.54, 1.807) is 25.3 Å². The van der Waals surface area contributed by atoms with Crippen molar-refractivity contribution in [3.05, 3.63) is 88.6 Å². The number of rotatable bonds is 7. The van der Waals surface area contributed by atoms with Crippen LogP contribution in [0.15, 0.2) is 62.8 Å². The molecular formula is C24H21FN4O4S. The minimum absolute atomic E-state index is 0.0670. The number of carbonyl (C=O) groups excluding carboxylic acids is 2. The molecule has 10 heteroatoms. The van der Waals surface area contributed by atoms with Crippen molar-refractivity contribution in [2.45, 2.75) is 31.6 Å². The van der Waals surface area contributed by atoms with E-state index in [0.29, 0.717) is 33.4 Å². The molecule has 0 aliphatic carbocycles. The van der Waals surface area contributed by atoms with Gasteiger partial charge >= 0.3 is 0 Å². The maximum Gasteiger partial charge on any atom is 0.259 e. The van der Waals surface area contributed by atoms with Crippen LogP contribution < -0.4 is 10.6 Å². The van der Waals surface area contributed by atoms with Gasteiger partial charge in [0.1, 0.15) is 22.4 Å². The number of pyridine rings is 1. The van der Waals surface area contributed by atoms with E-state index in [9.17, 15) is 14.0 Å². The Kier molecular flexibility index (Phi) is 6.78. The summed E-state index contributed by atoms with van der Waals surface area (Å²) in [6, 6.07) is 8.76. The quantitative estimate of drug-likeness (QED) is 0.335. The van der Waals surface area contributed by atoms with Crippen LogP contribution in [0.2, 0.25) is 0 Å². The summed E-state index contributed by atoms with van der Waals surface area (Å²) in [5.74, 6) is 0.116. The molecule has 0 aliphatic rings. The molecule has 3 heterocycles. The smallest absolute Gasteiger partial charge is 0.259 e. The number of carbonyl (C=O) groups is 2. The molecule has 0 saturated carbocycles. The normalized spacial score (nSPS) is 10.8. The lowest BCUT2D eigenvalue weighted by molar-refractivity contribution is 0.101. The molecule has 0 fully saturated rings. The average Bonchev–Trinajstić information content (AvgIpc) is 3.39.